The van der Waals surface area contributed by atoms with E-state index in [0.717, 1.165) is 55.6 Å². The molecule has 1 unspecified atom stereocenters. The molecule has 1 amide bonds. The third kappa shape index (κ3) is 3.84. The molecule has 2 aromatic heterocycles. The van der Waals surface area contributed by atoms with E-state index in [1.54, 1.807) is 0 Å². The van der Waals surface area contributed by atoms with Gasteiger partial charge < -0.3 is 5.32 Å². The summed E-state index contributed by atoms with van der Waals surface area (Å²) in [6.07, 6.45) is 6.96. The molecule has 1 N–H and O–H groups in total. The fraction of sp³-hybridized carbons (Fsp3) is 0.308. The van der Waals surface area contributed by atoms with Crippen LogP contribution in [0.3, 0.4) is 0 Å². The number of nitrogens with zero attached hydrogens (tertiary/aromatic N) is 5. The number of aromatic nitrogens is 5. The molecule has 0 bridgehead atoms. The lowest BCUT2D eigenvalue weighted by Crippen LogP contribution is -2.32. The molecular formula is C26H26N6O. The Balaban J connectivity index is 1.25. The molecule has 33 heavy (non-hydrogen) atoms. The first-order valence-electron chi connectivity index (χ1n) is 11.7. The standard InChI is InChI=1S/C26H26N6O/c33-26(24-25(19-14-15-19)32(30-29-24)20-10-5-2-6-11-20)28-22-12-7-13-23-21(22)16-27-31(23)17-18-8-3-1-4-9-18/h1-6,8-11,16,19,22H,7,12-15,17H2,(H,28,33). The normalized spacial score (nSPS) is 17.5. The molecule has 0 aliphatic heterocycles. The molecule has 2 aliphatic carbocycles. The number of para-hydroxylation sites is 1. The zero-order valence-corrected chi connectivity index (χ0v) is 18.4. The summed E-state index contributed by atoms with van der Waals surface area (Å²) in [4.78, 5) is 13.4. The van der Waals surface area contributed by atoms with E-state index in [2.05, 4.69) is 37.5 Å². The van der Waals surface area contributed by atoms with Crippen molar-refractivity contribution >= 4 is 5.91 Å². The minimum Gasteiger partial charge on any atom is -0.344 e. The number of carbonyl (C=O) groups is 1. The predicted molar refractivity (Wildman–Crippen MR) is 124 cm³/mol. The first kappa shape index (κ1) is 19.9. The maximum absolute atomic E-state index is 13.4. The molecule has 6 rings (SSSR count). The summed E-state index contributed by atoms with van der Waals surface area (Å²) in [7, 11) is 0. The first-order chi connectivity index (χ1) is 16.3. The number of hydrogen-bond acceptors (Lipinski definition) is 4. The second-order valence-electron chi connectivity index (χ2n) is 8.95. The van der Waals surface area contributed by atoms with Crippen molar-refractivity contribution in [1.82, 2.24) is 30.1 Å². The average Bonchev–Trinajstić information content (AvgIpc) is 3.46. The van der Waals surface area contributed by atoms with Crippen LogP contribution >= 0.6 is 0 Å². The number of hydrogen-bond donors (Lipinski definition) is 1. The summed E-state index contributed by atoms with van der Waals surface area (Å²) in [5, 5.41) is 16.6. The van der Waals surface area contributed by atoms with Crippen LogP contribution in [0, 0.1) is 0 Å². The smallest absolute Gasteiger partial charge is 0.274 e. The highest BCUT2D eigenvalue weighted by Gasteiger charge is 2.35. The van der Waals surface area contributed by atoms with Gasteiger partial charge in [0.1, 0.15) is 0 Å². The topological polar surface area (TPSA) is 77.6 Å². The molecule has 7 nitrogen and oxygen atoms in total. The maximum atomic E-state index is 13.4. The van der Waals surface area contributed by atoms with Crippen molar-refractivity contribution < 1.29 is 4.79 Å². The summed E-state index contributed by atoms with van der Waals surface area (Å²) in [5.74, 6) is 0.198. The van der Waals surface area contributed by atoms with Crippen LogP contribution in [0.2, 0.25) is 0 Å². The van der Waals surface area contributed by atoms with Gasteiger partial charge in [0.25, 0.3) is 5.91 Å². The highest BCUT2D eigenvalue weighted by molar-refractivity contribution is 5.94. The second-order valence-corrected chi connectivity index (χ2v) is 8.95. The van der Waals surface area contributed by atoms with Crippen LogP contribution in [0.4, 0.5) is 0 Å². The van der Waals surface area contributed by atoms with Crippen molar-refractivity contribution in [2.24, 2.45) is 0 Å². The van der Waals surface area contributed by atoms with Crippen molar-refractivity contribution in [3.8, 4) is 5.69 Å². The molecule has 1 atom stereocenters. The van der Waals surface area contributed by atoms with Crippen molar-refractivity contribution in [2.45, 2.75) is 50.6 Å². The van der Waals surface area contributed by atoms with E-state index in [1.807, 2.05) is 59.4 Å². The molecule has 2 aromatic carbocycles. The number of benzene rings is 2. The van der Waals surface area contributed by atoms with Gasteiger partial charge in [-0.1, -0.05) is 53.7 Å². The fourth-order valence-corrected chi connectivity index (χ4v) is 4.82. The largest absolute Gasteiger partial charge is 0.344 e. The highest BCUT2D eigenvalue weighted by atomic mass is 16.2. The van der Waals surface area contributed by atoms with Gasteiger partial charge >= 0.3 is 0 Å². The Morgan fingerprint density at radius 2 is 1.76 bits per heavy atom. The molecule has 166 valence electrons. The summed E-state index contributed by atoms with van der Waals surface area (Å²) in [6.45, 7) is 0.744. The first-order valence-corrected chi connectivity index (χ1v) is 11.7. The number of carbonyl (C=O) groups excluding carboxylic acids is 1. The van der Waals surface area contributed by atoms with Crippen LogP contribution in [0.5, 0.6) is 0 Å². The number of amides is 1. The fourth-order valence-electron chi connectivity index (χ4n) is 4.82. The molecule has 2 aliphatic rings. The van der Waals surface area contributed by atoms with Crippen molar-refractivity contribution in [1.29, 1.82) is 0 Å². The molecular weight excluding hydrogens is 412 g/mol. The van der Waals surface area contributed by atoms with Gasteiger partial charge in [0.15, 0.2) is 5.69 Å². The van der Waals surface area contributed by atoms with Crippen LogP contribution in [0.15, 0.2) is 66.9 Å². The Morgan fingerprint density at radius 1 is 1.00 bits per heavy atom. The lowest BCUT2D eigenvalue weighted by molar-refractivity contribution is 0.0926. The quantitative estimate of drug-likeness (QED) is 0.490. The van der Waals surface area contributed by atoms with Crippen LogP contribution in [-0.4, -0.2) is 30.7 Å². The highest BCUT2D eigenvalue weighted by Crippen LogP contribution is 2.42. The third-order valence-electron chi connectivity index (χ3n) is 6.63. The van der Waals surface area contributed by atoms with E-state index < -0.39 is 0 Å². The van der Waals surface area contributed by atoms with Gasteiger partial charge in [0.2, 0.25) is 0 Å². The van der Waals surface area contributed by atoms with Gasteiger partial charge in [-0.15, -0.1) is 5.10 Å². The van der Waals surface area contributed by atoms with E-state index in [0.29, 0.717) is 11.6 Å². The number of rotatable bonds is 6. The lowest BCUT2D eigenvalue weighted by atomic mass is 9.92. The Morgan fingerprint density at radius 3 is 2.52 bits per heavy atom. The van der Waals surface area contributed by atoms with Crippen LogP contribution in [0.1, 0.15) is 70.6 Å². The second kappa shape index (κ2) is 8.31. The minimum atomic E-state index is -0.146. The Kier molecular flexibility index (Phi) is 5.02. The van der Waals surface area contributed by atoms with E-state index in [4.69, 9.17) is 0 Å². The zero-order chi connectivity index (χ0) is 22.2. The van der Waals surface area contributed by atoms with E-state index in [9.17, 15) is 4.79 Å². The van der Waals surface area contributed by atoms with Gasteiger partial charge in [0, 0.05) is 17.2 Å². The predicted octanol–water partition coefficient (Wildman–Crippen LogP) is 4.20. The summed E-state index contributed by atoms with van der Waals surface area (Å²) in [6, 6.07) is 20.2. The van der Waals surface area contributed by atoms with Crippen molar-refractivity contribution in [3.05, 3.63) is 95.1 Å². The van der Waals surface area contributed by atoms with E-state index in [-0.39, 0.29) is 11.9 Å². The molecule has 1 fully saturated rings. The van der Waals surface area contributed by atoms with Crippen LogP contribution in [0.25, 0.3) is 5.69 Å². The molecule has 0 radical (unpaired) electrons. The third-order valence-corrected chi connectivity index (χ3v) is 6.63. The molecule has 7 heteroatoms. The lowest BCUT2D eigenvalue weighted by Gasteiger charge is -2.24. The van der Waals surface area contributed by atoms with Crippen LogP contribution < -0.4 is 5.32 Å². The summed E-state index contributed by atoms with van der Waals surface area (Å²) < 4.78 is 3.90. The molecule has 4 aromatic rings. The Labute approximate surface area is 192 Å². The van der Waals surface area contributed by atoms with Crippen LogP contribution in [-0.2, 0) is 13.0 Å². The summed E-state index contributed by atoms with van der Waals surface area (Å²) >= 11 is 0. The van der Waals surface area contributed by atoms with Crippen molar-refractivity contribution in [2.75, 3.05) is 0 Å². The molecule has 0 spiro atoms. The molecule has 1 saturated carbocycles. The van der Waals surface area contributed by atoms with E-state index in [1.165, 1.54) is 11.3 Å². The number of fused-ring (bicyclic) bond motifs is 1. The van der Waals surface area contributed by atoms with Gasteiger partial charge in [-0.3, -0.25) is 9.48 Å². The van der Waals surface area contributed by atoms with Gasteiger partial charge in [-0.25, -0.2) is 4.68 Å². The molecule has 0 saturated heterocycles. The maximum Gasteiger partial charge on any atom is 0.274 e. The molecule has 2 heterocycles. The zero-order valence-electron chi connectivity index (χ0n) is 18.4. The van der Waals surface area contributed by atoms with Crippen molar-refractivity contribution in [3.63, 3.8) is 0 Å². The number of nitrogens with one attached hydrogen (secondary N) is 1. The monoisotopic (exact) mass is 438 g/mol. The average molecular weight is 439 g/mol. The Hall–Kier alpha value is -3.74. The van der Waals surface area contributed by atoms with Gasteiger partial charge in [-0.05, 0) is 49.8 Å². The van der Waals surface area contributed by atoms with Gasteiger partial charge in [-0.2, -0.15) is 5.10 Å². The SMILES string of the molecule is O=C(NC1CCCc2c1cnn2Cc1ccccc1)c1nnn(-c2ccccc2)c1C1CC1. The summed E-state index contributed by atoms with van der Waals surface area (Å²) in [5.41, 5.74) is 5.87. The van der Waals surface area contributed by atoms with Gasteiger partial charge in [0.05, 0.1) is 30.2 Å². The van der Waals surface area contributed by atoms with E-state index >= 15 is 0 Å². The minimum absolute atomic E-state index is 0.0558. The Bertz CT molecular complexity index is 1270.